The van der Waals surface area contributed by atoms with Crippen molar-refractivity contribution in [1.29, 1.82) is 0 Å². The summed E-state index contributed by atoms with van der Waals surface area (Å²) < 4.78 is 37.5. The Morgan fingerprint density at radius 2 is 1.73 bits per heavy atom. The van der Waals surface area contributed by atoms with Gasteiger partial charge in [-0.15, -0.1) is 0 Å². The molecule has 0 aromatic carbocycles. The predicted molar refractivity (Wildman–Crippen MR) is 101 cm³/mol. The minimum Gasteiger partial charge on any atom is -0.387 e. The molecule has 3 fully saturated rings. The van der Waals surface area contributed by atoms with Crippen molar-refractivity contribution in [1.82, 2.24) is 14.7 Å². The van der Waals surface area contributed by atoms with E-state index < -0.39 is 35.9 Å². The Bertz CT molecular complexity index is 693. The molecule has 2 saturated heterocycles. The summed E-state index contributed by atoms with van der Waals surface area (Å²) in [6.45, 7) is 2.67. The first kappa shape index (κ1) is 22.8. The van der Waals surface area contributed by atoms with Crippen molar-refractivity contribution in [2.24, 2.45) is 5.41 Å². The highest BCUT2D eigenvalue weighted by molar-refractivity contribution is 5.85. The molecule has 2 aliphatic heterocycles. The summed E-state index contributed by atoms with van der Waals surface area (Å²) in [6, 6.07) is 0. The number of piperidine rings is 1. The Morgan fingerprint density at radius 1 is 1.07 bits per heavy atom. The van der Waals surface area contributed by atoms with E-state index in [4.69, 9.17) is 0 Å². The lowest BCUT2D eigenvalue weighted by molar-refractivity contribution is -0.173. The molecule has 0 radical (unpaired) electrons. The van der Waals surface area contributed by atoms with Gasteiger partial charge in [0.2, 0.25) is 17.7 Å². The van der Waals surface area contributed by atoms with Crippen LogP contribution in [0.2, 0.25) is 0 Å². The molecule has 0 aromatic heterocycles. The van der Waals surface area contributed by atoms with Crippen LogP contribution >= 0.6 is 0 Å². The molecule has 7 nitrogen and oxygen atoms in total. The average Bonchev–Trinajstić information content (AvgIpc) is 3.13. The maximum atomic E-state index is 12.5. The molecule has 1 atom stereocenters. The highest BCUT2D eigenvalue weighted by Crippen LogP contribution is 2.51. The number of likely N-dealkylation sites (tertiary alicyclic amines) is 1. The lowest BCUT2D eigenvalue weighted by atomic mass is 9.65. The zero-order valence-corrected chi connectivity index (χ0v) is 17.3. The van der Waals surface area contributed by atoms with Crippen LogP contribution in [0.3, 0.4) is 0 Å². The van der Waals surface area contributed by atoms with Crippen molar-refractivity contribution >= 4 is 17.7 Å². The molecule has 0 aromatic rings. The van der Waals surface area contributed by atoms with Crippen LogP contribution in [0.25, 0.3) is 0 Å². The van der Waals surface area contributed by atoms with E-state index in [0.29, 0.717) is 25.9 Å². The van der Waals surface area contributed by atoms with Gasteiger partial charge in [-0.1, -0.05) is 12.8 Å². The third-order valence-electron chi connectivity index (χ3n) is 7.03. The number of aliphatic hydroxyl groups is 1. The zero-order chi connectivity index (χ0) is 22.2. The summed E-state index contributed by atoms with van der Waals surface area (Å²) in [4.78, 5) is 40.9. The van der Waals surface area contributed by atoms with E-state index >= 15 is 0 Å². The van der Waals surface area contributed by atoms with E-state index in [0.717, 1.165) is 12.8 Å². The summed E-state index contributed by atoms with van der Waals surface area (Å²) in [5.41, 5.74) is -1.81. The Hall–Kier alpha value is -1.84. The summed E-state index contributed by atoms with van der Waals surface area (Å²) >= 11 is 0. The third-order valence-corrected chi connectivity index (χ3v) is 7.03. The number of hydrogen-bond donors (Lipinski definition) is 1. The highest BCUT2D eigenvalue weighted by atomic mass is 19.4. The van der Waals surface area contributed by atoms with E-state index in [1.54, 1.807) is 4.90 Å². The van der Waals surface area contributed by atoms with Crippen molar-refractivity contribution < 1.29 is 32.7 Å². The summed E-state index contributed by atoms with van der Waals surface area (Å²) in [5.74, 6) is -0.923. The van der Waals surface area contributed by atoms with E-state index in [-0.39, 0.29) is 44.4 Å². The number of rotatable bonds is 4. The second kappa shape index (κ2) is 8.36. The number of halogens is 3. The average molecular weight is 433 g/mol. The van der Waals surface area contributed by atoms with Crippen molar-refractivity contribution in [2.75, 3.05) is 39.3 Å². The van der Waals surface area contributed by atoms with Gasteiger partial charge in [-0.25, -0.2) is 0 Å². The number of carbonyl (C=O) groups excluding carboxylic acids is 3. The van der Waals surface area contributed by atoms with Crippen LogP contribution in [0.5, 0.6) is 0 Å². The van der Waals surface area contributed by atoms with Gasteiger partial charge in [0, 0.05) is 44.9 Å². The lowest BCUT2D eigenvalue weighted by Crippen LogP contribution is -2.66. The number of nitrogens with zero attached hydrogens (tertiary/aromatic N) is 3. The van der Waals surface area contributed by atoms with Gasteiger partial charge < -0.3 is 19.8 Å². The molecule has 1 unspecified atom stereocenters. The molecule has 1 N–H and O–H groups in total. The first-order chi connectivity index (χ1) is 13.9. The van der Waals surface area contributed by atoms with Crippen LogP contribution in [0.1, 0.15) is 51.9 Å². The Morgan fingerprint density at radius 3 is 2.30 bits per heavy atom. The van der Waals surface area contributed by atoms with E-state index in [2.05, 4.69) is 0 Å². The van der Waals surface area contributed by atoms with Gasteiger partial charge in [0.05, 0.1) is 25.1 Å². The summed E-state index contributed by atoms with van der Waals surface area (Å²) in [6.07, 6.45) is -2.77. The van der Waals surface area contributed by atoms with Crippen LogP contribution in [-0.2, 0) is 14.4 Å². The molecule has 1 aliphatic carbocycles. The van der Waals surface area contributed by atoms with Crippen LogP contribution in [0.15, 0.2) is 0 Å². The van der Waals surface area contributed by atoms with Crippen molar-refractivity contribution in [3.05, 3.63) is 0 Å². The minimum atomic E-state index is -4.38. The molecule has 10 heteroatoms. The molecule has 3 rings (SSSR count). The van der Waals surface area contributed by atoms with Crippen LogP contribution in [0, 0.1) is 5.41 Å². The van der Waals surface area contributed by atoms with Crippen molar-refractivity contribution in [3.63, 3.8) is 0 Å². The number of piperazine rings is 1. The number of carbonyl (C=O) groups is 3. The number of amides is 3. The molecular formula is C20H30F3N3O4. The normalized spacial score (nSPS) is 27.1. The van der Waals surface area contributed by atoms with Crippen LogP contribution in [0.4, 0.5) is 13.2 Å². The maximum absolute atomic E-state index is 12.5. The molecule has 3 aliphatic rings. The van der Waals surface area contributed by atoms with Crippen molar-refractivity contribution in [2.45, 2.75) is 63.6 Å². The standard InChI is InChI=1S/C20H30F3N3O4/c1-15(27)24-10-11-26(17(29)12-24)14-19(30)8-9-25(13-18(19)5-2-3-6-18)16(28)4-7-20(21,22)23/h30H,2-14H2,1H3. The van der Waals surface area contributed by atoms with E-state index in [9.17, 15) is 32.7 Å². The largest absolute Gasteiger partial charge is 0.389 e. The predicted octanol–water partition coefficient (Wildman–Crippen LogP) is 1.54. The Kier molecular flexibility index (Phi) is 6.36. The summed E-state index contributed by atoms with van der Waals surface area (Å²) in [5, 5.41) is 11.6. The first-order valence-corrected chi connectivity index (χ1v) is 10.5. The van der Waals surface area contributed by atoms with Gasteiger partial charge in [0.25, 0.3) is 0 Å². The number of alkyl halides is 3. The number of β-amino-alcohol motifs (C(OH)–C–C–N with tert-alkyl or cyclic N) is 1. The molecule has 1 saturated carbocycles. The second-order valence-corrected chi connectivity index (χ2v) is 8.96. The first-order valence-electron chi connectivity index (χ1n) is 10.5. The smallest absolute Gasteiger partial charge is 0.387 e. The SMILES string of the molecule is CC(=O)N1CCN(CC2(O)CCN(C(=O)CCC(F)(F)F)CC23CCCC3)C(=O)C1. The van der Waals surface area contributed by atoms with E-state index in [1.165, 1.54) is 16.7 Å². The molecule has 2 heterocycles. The lowest BCUT2D eigenvalue weighted by Gasteiger charge is -2.54. The second-order valence-electron chi connectivity index (χ2n) is 8.96. The molecule has 0 bridgehead atoms. The fourth-order valence-corrected chi connectivity index (χ4v) is 5.18. The van der Waals surface area contributed by atoms with Gasteiger partial charge in [-0.2, -0.15) is 13.2 Å². The van der Waals surface area contributed by atoms with Crippen LogP contribution in [-0.4, -0.2) is 88.6 Å². The van der Waals surface area contributed by atoms with Gasteiger partial charge >= 0.3 is 6.18 Å². The molecule has 30 heavy (non-hydrogen) atoms. The monoisotopic (exact) mass is 433 g/mol. The fourth-order valence-electron chi connectivity index (χ4n) is 5.18. The van der Waals surface area contributed by atoms with Gasteiger partial charge in [-0.3, -0.25) is 14.4 Å². The summed E-state index contributed by atoms with van der Waals surface area (Å²) in [7, 11) is 0. The Balaban J connectivity index is 1.69. The van der Waals surface area contributed by atoms with Gasteiger partial charge in [-0.05, 0) is 19.3 Å². The quantitative estimate of drug-likeness (QED) is 0.730. The fraction of sp³-hybridized carbons (Fsp3) is 0.850. The molecular weight excluding hydrogens is 403 g/mol. The van der Waals surface area contributed by atoms with Crippen LogP contribution < -0.4 is 0 Å². The number of hydrogen-bond acceptors (Lipinski definition) is 4. The Labute approximate surface area is 174 Å². The third kappa shape index (κ3) is 4.73. The minimum absolute atomic E-state index is 0.0134. The van der Waals surface area contributed by atoms with Crippen molar-refractivity contribution in [3.8, 4) is 0 Å². The molecule has 170 valence electrons. The maximum Gasteiger partial charge on any atom is 0.389 e. The zero-order valence-electron chi connectivity index (χ0n) is 17.3. The molecule has 1 spiro atoms. The van der Waals surface area contributed by atoms with Gasteiger partial charge in [0.1, 0.15) is 0 Å². The van der Waals surface area contributed by atoms with E-state index in [1.807, 2.05) is 0 Å². The highest BCUT2D eigenvalue weighted by Gasteiger charge is 2.56. The topological polar surface area (TPSA) is 81.2 Å². The van der Waals surface area contributed by atoms with Gasteiger partial charge in [0.15, 0.2) is 0 Å². The molecule has 3 amide bonds.